The van der Waals surface area contributed by atoms with Gasteiger partial charge in [0.2, 0.25) is 5.88 Å². The summed E-state index contributed by atoms with van der Waals surface area (Å²) in [5, 5.41) is 4.16. The first-order valence-electron chi connectivity index (χ1n) is 11.1. The number of piperidine rings is 1. The van der Waals surface area contributed by atoms with Gasteiger partial charge in [-0.3, -0.25) is 19.4 Å². The number of nitrogens with zero attached hydrogens (tertiary/aromatic N) is 6. The van der Waals surface area contributed by atoms with Crippen LogP contribution in [0.5, 0.6) is 11.6 Å². The Balaban J connectivity index is 1.32. The van der Waals surface area contributed by atoms with Crippen LogP contribution in [0.1, 0.15) is 34.8 Å². The second-order valence-electron chi connectivity index (χ2n) is 8.20. The molecule has 1 aliphatic rings. The number of pyridine rings is 1. The first-order chi connectivity index (χ1) is 16.6. The van der Waals surface area contributed by atoms with Gasteiger partial charge in [-0.1, -0.05) is 12.1 Å². The van der Waals surface area contributed by atoms with Gasteiger partial charge in [0.15, 0.2) is 11.6 Å². The number of likely N-dealkylation sites (tertiary alicyclic amines) is 1. The SMILES string of the molecule is Cn1cc(-c2ccc(C(=O)N3CCC[C@@H](c4nccnc4Oc4ccccc4F)C3)cn2)cn1. The lowest BCUT2D eigenvalue weighted by atomic mass is 9.94. The third-order valence-corrected chi connectivity index (χ3v) is 5.84. The molecule has 0 radical (unpaired) electrons. The number of aromatic nitrogens is 5. The molecular weight excluding hydrogens is 435 g/mol. The number of benzene rings is 1. The van der Waals surface area contributed by atoms with E-state index in [9.17, 15) is 9.18 Å². The zero-order chi connectivity index (χ0) is 23.5. The normalized spacial score (nSPS) is 15.8. The first-order valence-corrected chi connectivity index (χ1v) is 11.1. The lowest BCUT2D eigenvalue weighted by molar-refractivity contribution is 0.0704. The minimum absolute atomic E-state index is 0.0733. The molecule has 0 spiro atoms. The summed E-state index contributed by atoms with van der Waals surface area (Å²) in [6.07, 6.45) is 9.96. The third kappa shape index (κ3) is 4.50. The highest BCUT2D eigenvalue weighted by atomic mass is 19.1. The van der Waals surface area contributed by atoms with Crippen LogP contribution in [-0.2, 0) is 7.05 Å². The molecule has 1 saturated heterocycles. The Morgan fingerprint density at radius 2 is 1.94 bits per heavy atom. The van der Waals surface area contributed by atoms with Crippen LogP contribution in [0.4, 0.5) is 4.39 Å². The summed E-state index contributed by atoms with van der Waals surface area (Å²) in [5.41, 5.74) is 2.80. The van der Waals surface area contributed by atoms with Crippen molar-refractivity contribution in [2.45, 2.75) is 18.8 Å². The number of halogens is 1. The quantitative estimate of drug-likeness (QED) is 0.445. The van der Waals surface area contributed by atoms with E-state index in [2.05, 4.69) is 20.1 Å². The zero-order valence-electron chi connectivity index (χ0n) is 18.6. The summed E-state index contributed by atoms with van der Waals surface area (Å²) in [6, 6.07) is 9.79. The maximum Gasteiger partial charge on any atom is 0.255 e. The minimum Gasteiger partial charge on any atom is -0.434 e. The van der Waals surface area contributed by atoms with Gasteiger partial charge in [-0.05, 0) is 37.1 Å². The fourth-order valence-electron chi connectivity index (χ4n) is 4.14. The van der Waals surface area contributed by atoms with Crippen molar-refractivity contribution in [3.63, 3.8) is 0 Å². The second kappa shape index (κ2) is 9.38. The molecule has 0 N–H and O–H groups in total. The molecular formula is C25H23FN6O2. The van der Waals surface area contributed by atoms with Gasteiger partial charge in [-0.25, -0.2) is 9.37 Å². The molecule has 3 aromatic heterocycles. The van der Waals surface area contributed by atoms with Gasteiger partial charge in [0, 0.05) is 56.4 Å². The molecule has 0 bridgehead atoms. The number of hydrogen-bond donors (Lipinski definition) is 0. The van der Waals surface area contributed by atoms with Crippen molar-refractivity contribution in [3.05, 3.63) is 84.5 Å². The second-order valence-corrected chi connectivity index (χ2v) is 8.20. The van der Waals surface area contributed by atoms with Crippen molar-refractivity contribution in [1.29, 1.82) is 0 Å². The highest BCUT2D eigenvalue weighted by molar-refractivity contribution is 5.94. The smallest absolute Gasteiger partial charge is 0.255 e. The predicted molar refractivity (Wildman–Crippen MR) is 123 cm³/mol. The predicted octanol–water partition coefficient (Wildman–Crippen LogP) is 4.22. The van der Waals surface area contributed by atoms with Gasteiger partial charge in [0.05, 0.1) is 17.5 Å². The van der Waals surface area contributed by atoms with Gasteiger partial charge < -0.3 is 9.64 Å². The number of amides is 1. The fourth-order valence-corrected chi connectivity index (χ4v) is 4.14. The molecule has 4 heterocycles. The number of carbonyl (C=O) groups is 1. The van der Waals surface area contributed by atoms with Crippen LogP contribution < -0.4 is 4.74 Å². The van der Waals surface area contributed by atoms with Crippen molar-refractivity contribution in [2.24, 2.45) is 7.05 Å². The van der Waals surface area contributed by atoms with Crippen LogP contribution in [0.25, 0.3) is 11.3 Å². The number of carbonyl (C=O) groups excluding carboxylic acids is 1. The number of rotatable bonds is 5. The summed E-state index contributed by atoms with van der Waals surface area (Å²) < 4.78 is 21.6. The lowest BCUT2D eigenvalue weighted by Gasteiger charge is -2.32. The number of aryl methyl sites for hydroxylation is 1. The third-order valence-electron chi connectivity index (χ3n) is 5.84. The van der Waals surface area contributed by atoms with E-state index in [1.165, 1.54) is 12.3 Å². The van der Waals surface area contributed by atoms with Crippen molar-refractivity contribution in [3.8, 4) is 22.9 Å². The maximum atomic E-state index is 14.1. The van der Waals surface area contributed by atoms with E-state index in [1.54, 1.807) is 52.4 Å². The van der Waals surface area contributed by atoms with Crippen molar-refractivity contribution < 1.29 is 13.9 Å². The van der Waals surface area contributed by atoms with Gasteiger partial charge in [-0.2, -0.15) is 5.10 Å². The van der Waals surface area contributed by atoms with Crippen molar-refractivity contribution in [1.82, 2.24) is 29.6 Å². The molecule has 1 aliphatic heterocycles. The summed E-state index contributed by atoms with van der Waals surface area (Å²) >= 11 is 0. The molecule has 1 aromatic carbocycles. The molecule has 0 unspecified atom stereocenters. The molecule has 1 amide bonds. The molecule has 172 valence electrons. The van der Waals surface area contributed by atoms with E-state index in [1.807, 2.05) is 19.3 Å². The van der Waals surface area contributed by atoms with Crippen LogP contribution in [0, 0.1) is 5.82 Å². The van der Waals surface area contributed by atoms with Gasteiger partial charge in [0.25, 0.3) is 5.91 Å². The number of para-hydroxylation sites is 1. The molecule has 0 saturated carbocycles. The first kappa shape index (κ1) is 21.7. The van der Waals surface area contributed by atoms with Gasteiger partial charge in [0.1, 0.15) is 5.69 Å². The Hall–Kier alpha value is -4.14. The topological polar surface area (TPSA) is 86.0 Å². The van der Waals surface area contributed by atoms with Crippen LogP contribution in [0.15, 0.2) is 67.4 Å². The van der Waals surface area contributed by atoms with E-state index >= 15 is 0 Å². The monoisotopic (exact) mass is 458 g/mol. The Morgan fingerprint density at radius 1 is 1.09 bits per heavy atom. The molecule has 5 rings (SSSR count). The summed E-state index contributed by atoms with van der Waals surface area (Å²) in [4.78, 5) is 28.2. The summed E-state index contributed by atoms with van der Waals surface area (Å²) in [5.74, 6) is -0.282. The largest absolute Gasteiger partial charge is 0.434 e. The minimum atomic E-state index is -0.471. The zero-order valence-corrected chi connectivity index (χ0v) is 18.6. The van der Waals surface area contributed by atoms with Crippen LogP contribution in [0.2, 0.25) is 0 Å². The average molecular weight is 458 g/mol. The Labute approximate surface area is 196 Å². The highest BCUT2D eigenvalue weighted by Crippen LogP contribution is 2.33. The van der Waals surface area contributed by atoms with Crippen LogP contribution >= 0.6 is 0 Å². The fraction of sp³-hybridized carbons (Fsp3) is 0.240. The summed E-state index contributed by atoms with van der Waals surface area (Å²) in [6.45, 7) is 1.11. The van der Waals surface area contributed by atoms with Crippen molar-refractivity contribution in [2.75, 3.05) is 13.1 Å². The molecule has 9 heteroatoms. The number of ether oxygens (including phenoxy) is 1. The molecule has 1 atom stereocenters. The van der Waals surface area contributed by atoms with E-state index < -0.39 is 5.82 Å². The molecule has 8 nitrogen and oxygen atoms in total. The van der Waals surface area contributed by atoms with Crippen molar-refractivity contribution >= 4 is 5.91 Å². The average Bonchev–Trinajstić information content (AvgIpc) is 3.32. The molecule has 4 aromatic rings. The van der Waals surface area contributed by atoms with E-state index in [-0.39, 0.29) is 23.5 Å². The molecule has 1 fully saturated rings. The van der Waals surface area contributed by atoms with Gasteiger partial charge >= 0.3 is 0 Å². The van der Waals surface area contributed by atoms with Crippen LogP contribution in [0.3, 0.4) is 0 Å². The number of hydrogen-bond acceptors (Lipinski definition) is 6. The van der Waals surface area contributed by atoms with Crippen LogP contribution in [-0.4, -0.2) is 48.6 Å². The Morgan fingerprint density at radius 3 is 2.71 bits per heavy atom. The highest BCUT2D eigenvalue weighted by Gasteiger charge is 2.29. The van der Waals surface area contributed by atoms with Gasteiger partial charge in [-0.15, -0.1) is 0 Å². The maximum absolute atomic E-state index is 14.1. The Kier molecular flexibility index (Phi) is 5.99. The summed E-state index contributed by atoms with van der Waals surface area (Å²) in [7, 11) is 1.85. The van der Waals surface area contributed by atoms with E-state index in [0.717, 1.165) is 24.1 Å². The van der Waals surface area contributed by atoms with E-state index in [0.29, 0.717) is 24.3 Å². The lowest BCUT2D eigenvalue weighted by Crippen LogP contribution is -2.39. The molecule has 0 aliphatic carbocycles. The standard InChI is InChI=1S/C25H23FN6O2/c1-31-15-19(14-30-31)21-9-8-17(13-29-21)25(33)32-12-4-5-18(16-32)23-24(28-11-10-27-23)34-22-7-3-2-6-20(22)26/h2-3,6-11,13-15,18H,4-5,12,16H2,1H3/t18-/m1/s1. The van der Waals surface area contributed by atoms with E-state index in [4.69, 9.17) is 4.74 Å². The Bertz CT molecular complexity index is 1310. The molecule has 34 heavy (non-hydrogen) atoms.